The van der Waals surface area contributed by atoms with Crippen LogP contribution in [0.4, 0.5) is 0 Å². The predicted molar refractivity (Wildman–Crippen MR) is 68.7 cm³/mol. The number of hydrogen-bond donors (Lipinski definition) is 0. The van der Waals surface area contributed by atoms with Gasteiger partial charge in [0.25, 0.3) is 0 Å². The lowest BCUT2D eigenvalue weighted by molar-refractivity contribution is 0.248. The Morgan fingerprint density at radius 3 is 2.89 bits per heavy atom. The molecule has 6 nitrogen and oxygen atoms in total. The van der Waals surface area contributed by atoms with Crippen LogP contribution in [-0.4, -0.2) is 42.4 Å². The summed E-state index contributed by atoms with van der Waals surface area (Å²) in [7, 11) is -3.52. The number of rotatable bonds is 3. The Kier molecular flexibility index (Phi) is 4.09. The number of carbonyl (C=O) groups excluding carboxylic acids is 1. The average Bonchev–Trinajstić information content (AvgIpc) is 2.40. The molecule has 2 rings (SSSR count). The van der Waals surface area contributed by atoms with Crippen LogP contribution in [0.5, 0.6) is 0 Å². The van der Waals surface area contributed by atoms with Gasteiger partial charge in [-0.15, -0.1) is 0 Å². The van der Waals surface area contributed by atoms with Crippen LogP contribution in [0.15, 0.2) is 34.4 Å². The van der Waals surface area contributed by atoms with Gasteiger partial charge in [-0.3, -0.25) is 4.98 Å². The maximum absolute atomic E-state index is 12.4. The highest BCUT2D eigenvalue weighted by Crippen LogP contribution is 2.26. The van der Waals surface area contributed by atoms with Gasteiger partial charge in [-0.2, -0.15) is 4.31 Å². The summed E-state index contributed by atoms with van der Waals surface area (Å²) in [6, 6.07) is 2.81. The number of hydrogen-bond acceptors (Lipinski definition) is 5. The molecule has 1 saturated heterocycles. The number of sulfonamides is 1. The number of aliphatic imine (C=N–C) groups is 1. The second kappa shape index (κ2) is 5.61. The summed E-state index contributed by atoms with van der Waals surface area (Å²) in [5.41, 5.74) is 0. The van der Waals surface area contributed by atoms with Crippen LogP contribution in [0.3, 0.4) is 0 Å². The molecule has 1 aliphatic rings. The second-order valence-corrected chi connectivity index (χ2v) is 6.44. The van der Waals surface area contributed by atoms with Gasteiger partial charge >= 0.3 is 0 Å². The molecule has 1 aromatic heterocycles. The number of pyridine rings is 1. The number of nitrogens with zero attached hydrogens (tertiary/aromatic N) is 3. The fraction of sp³-hybridized carbons (Fsp3) is 0.500. The molecule has 1 aromatic rings. The zero-order chi connectivity index (χ0) is 13.9. The molecule has 0 saturated carbocycles. The van der Waals surface area contributed by atoms with E-state index in [9.17, 15) is 13.2 Å². The van der Waals surface area contributed by atoms with Crippen LogP contribution in [0.2, 0.25) is 0 Å². The average molecular weight is 281 g/mol. The summed E-state index contributed by atoms with van der Waals surface area (Å²) >= 11 is 0. The quantitative estimate of drug-likeness (QED) is 0.610. The summed E-state index contributed by atoms with van der Waals surface area (Å²) in [4.78, 5) is 18.0. The van der Waals surface area contributed by atoms with Crippen LogP contribution < -0.4 is 0 Å². The molecule has 0 bridgehead atoms. The monoisotopic (exact) mass is 281 g/mol. The molecule has 0 aliphatic carbocycles. The van der Waals surface area contributed by atoms with Gasteiger partial charge in [-0.05, 0) is 31.9 Å². The van der Waals surface area contributed by atoms with Crippen molar-refractivity contribution in [3.05, 3.63) is 24.5 Å². The molecule has 0 aromatic carbocycles. The van der Waals surface area contributed by atoms with Crippen molar-refractivity contribution in [3.8, 4) is 0 Å². The molecule has 1 fully saturated rings. The van der Waals surface area contributed by atoms with Gasteiger partial charge in [0, 0.05) is 25.0 Å². The molecule has 0 spiro atoms. The Morgan fingerprint density at radius 2 is 2.32 bits per heavy atom. The molecule has 0 amide bonds. The zero-order valence-electron chi connectivity index (χ0n) is 10.6. The lowest BCUT2D eigenvalue weighted by atomic mass is 10.0. The number of aromatic nitrogens is 1. The predicted octanol–water partition coefficient (Wildman–Crippen LogP) is 0.959. The minimum absolute atomic E-state index is 0.132. The minimum atomic E-state index is -3.52. The molecule has 7 heteroatoms. The summed E-state index contributed by atoms with van der Waals surface area (Å²) < 4.78 is 26.3. The van der Waals surface area contributed by atoms with E-state index in [1.165, 1.54) is 22.8 Å². The molecule has 102 valence electrons. The summed E-state index contributed by atoms with van der Waals surface area (Å²) in [6.45, 7) is 2.18. The van der Waals surface area contributed by atoms with Crippen LogP contribution in [0, 0.1) is 0 Å². The molecule has 0 radical (unpaired) electrons. The first-order valence-electron chi connectivity index (χ1n) is 6.04. The van der Waals surface area contributed by atoms with Crippen molar-refractivity contribution in [2.75, 3.05) is 6.54 Å². The van der Waals surface area contributed by atoms with E-state index in [4.69, 9.17) is 0 Å². The van der Waals surface area contributed by atoms with E-state index in [1.54, 1.807) is 12.1 Å². The van der Waals surface area contributed by atoms with Gasteiger partial charge in [-0.1, -0.05) is 0 Å². The Balaban J connectivity index is 2.21. The van der Waals surface area contributed by atoms with E-state index in [0.717, 1.165) is 0 Å². The number of isocyanates is 1. The lowest BCUT2D eigenvalue weighted by Crippen LogP contribution is -2.45. The van der Waals surface area contributed by atoms with E-state index in [2.05, 4.69) is 9.98 Å². The third-order valence-electron chi connectivity index (χ3n) is 3.26. The molecule has 0 N–H and O–H groups in total. The minimum Gasteiger partial charge on any atom is -0.263 e. The van der Waals surface area contributed by atoms with E-state index in [-0.39, 0.29) is 17.0 Å². The SMILES string of the molecule is CC1CC(N=C=O)CCN1S(=O)(=O)c1cccnc1. The van der Waals surface area contributed by atoms with Gasteiger partial charge < -0.3 is 0 Å². The van der Waals surface area contributed by atoms with Crippen molar-refractivity contribution >= 4 is 16.1 Å². The van der Waals surface area contributed by atoms with Crippen LogP contribution in [0.1, 0.15) is 19.8 Å². The van der Waals surface area contributed by atoms with Crippen molar-refractivity contribution in [3.63, 3.8) is 0 Å². The van der Waals surface area contributed by atoms with Gasteiger partial charge in [0.15, 0.2) is 0 Å². The fourth-order valence-corrected chi connectivity index (χ4v) is 3.93. The van der Waals surface area contributed by atoms with Crippen molar-refractivity contribution in [2.24, 2.45) is 4.99 Å². The second-order valence-electron chi connectivity index (χ2n) is 4.55. The van der Waals surface area contributed by atoms with E-state index < -0.39 is 10.0 Å². The topological polar surface area (TPSA) is 79.7 Å². The Morgan fingerprint density at radius 1 is 1.53 bits per heavy atom. The standard InChI is InChI=1S/C12H15N3O3S/c1-10-7-11(14-9-16)4-6-15(10)19(17,18)12-3-2-5-13-8-12/h2-3,5,8,10-11H,4,6-7H2,1H3. The van der Waals surface area contributed by atoms with Gasteiger partial charge in [0.1, 0.15) is 4.90 Å². The van der Waals surface area contributed by atoms with Gasteiger partial charge in [-0.25, -0.2) is 18.2 Å². The number of piperidine rings is 1. The van der Waals surface area contributed by atoms with Crippen LogP contribution in [0.25, 0.3) is 0 Å². The normalized spacial score (nSPS) is 24.7. The highest BCUT2D eigenvalue weighted by molar-refractivity contribution is 7.89. The van der Waals surface area contributed by atoms with Crippen LogP contribution >= 0.6 is 0 Å². The largest absolute Gasteiger partial charge is 0.263 e. The third-order valence-corrected chi connectivity index (χ3v) is 5.26. The summed E-state index contributed by atoms with van der Waals surface area (Å²) in [5.74, 6) is 0. The van der Waals surface area contributed by atoms with Crippen molar-refractivity contribution in [2.45, 2.75) is 36.7 Å². The highest BCUT2D eigenvalue weighted by Gasteiger charge is 2.34. The first kappa shape index (κ1) is 13.9. The first-order chi connectivity index (χ1) is 9.05. The molecular formula is C12H15N3O3S. The zero-order valence-corrected chi connectivity index (χ0v) is 11.4. The van der Waals surface area contributed by atoms with Gasteiger partial charge in [0.05, 0.1) is 6.04 Å². The molecule has 2 atom stereocenters. The maximum Gasteiger partial charge on any atom is 0.244 e. The van der Waals surface area contributed by atoms with Crippen molar-refractivity contribution in [1.82, 2.24) is 9.29 Å². The van der Waals surface area contributed by atoms with Crippen LogP contribution in [-0.2, 0) is 14.8 Å². The van der Waals surface area contributed by atoms with E-state index >= 15 is 0 Å². The highest BCUT2D eigenvalue weighted by atomic mass is 32.2. The molecule has 2 unspecified atom stereocenters. The molecule has 19 heavy (non-hydrogen) atoms. The summed E-state index contributed by atoms with van der Waals surface area (Å²) in [5, 5.41) is 0. The smallest absolute Gasteiger partial charge is 0.244 e. The van der Waals surface area contributed by atoms with E-state index in [0.29, 0.717) is 19.4 Å². The lowest BCUT2D eigenvalue weighted by Gasteiger charge is -2.34. The van der Waals surface area contributed by atoms with Crippen molar-refractivity contribution < 1.29 is 13.2 Å². The molecule has 2 heterocycles. The van der Waals surface area contributed by atoms with E-state index in [1.807, 2.05) is 6.92 Å². The fourth-order valence-electron chi connectivity index (χ4n) is 2.31. The van der Waals surface area contributed by atoms with Crippen molar-refractivity contribution in [1.29, 1.82) is 0 Å². The Hall–Kier alpha value is -1.56. The maximum atomic E-state index is 12.4. The third kappa shape index (κ3) is 2.89. The summed E-state index contributed by atoms with van der Waals surface area (Å²) in [6.07, 6.45) is 5.50. The Labute approximate surface area is 112 Å². The van der Waals surface area contributed by atoms with Gasteiger partial charge in [0.2, 0.25) is 16.1 Å². The Bertz CT molecular complexity index is 581. The molecule has 1 aliphatic heterocycles. The molecular weight excluding hydrogens is 266 g/mol. The first-order valence-corrected chi connectivity index (χ1v) is 7.48.